The lowest BCUT2D eigenvalue weighted by molar-refractivity contribution is 0.284. The maximum absolute atomic E-state index is 6.14. The Bertz CT molecular complexity index is 1020. The summed E-state index contributed by atoms with van der Waals surface area (Å²) in [6, 6.07) is 9.39. The zero-order valence-corrected chi connectivity index (χ0v) is 20.1. The summed E-state index contributed by atoms with van der Waals surface area (Å²) < 4.78 is 1.82. The van der Waals surface area contributed by atoms with E-state index in [0.717, 1.165) is 55.5 Å². The summed E-state index contributed by atoms with van der Waals surface area (Å²) in [6.45, 7) is 6.81. The number of anilines is 1. The second-order valence-electron chi connectivity index (χ2n) is 7.25. The summed E-state index contributed by atoms with van der Waals surface area (Å²) in [5.74, 6) is 0.758. The predicted molar refractivity (Wildman–Crippen MR) is 133 cm³/mol. The quantitative estimate of drug-likeness (QED) is 0.446. The summed E-state index contributed by atoms with van der Waals surface area (Å²) in [5, 5.41) is 6.42. The van der Waals surface area contributed by atoms with Crippen LogP contribution in [0.4, 0.5) is 5.69 Å². The van der Waals surface area contributed by atoms with Crippen molar-refractivity contribution < 1.29 is 0 Å². The lowest BCUT2D eigenvalue weighted by atomic mass is 10.2. The molecule has 0 radical (unpaired) electrons. The second-order valence-corrected chi connectivity index (χ2v) is 8.56. The fourth-order valence-corrected chi connectivity index (χ4v) is 4.18. The van der Waals surface area contributed by atoms with Gasteiger partial charge < -0.3 is 4.90 Å². The Balaban J connectivity index is 0.00000272. The van der Waals surface area contributed by atoms with Gasteiger partial charge in [0.25, 0.3) is 0 Å². The van der Waals surface area contributed by atoms with Crippen LogP contribution in [-0.4, -0.2) is 52.4 Å². The molecule has 5 nitrogen and oxygen atoms in total. The number of aromatic nitrogens is 3. The molecule has 3 aromatic rings. The van der Waals surface area contributed by atoms with E-state index in [2.05, 4.69) is 32.0 Å². The normalized spacial score (nSPS) is 14.8. The van der Waals surface area contributed by atoms with Gasteiger partial charge in [-0.25, -0.2) is 9.67 Å². The first-order valence-corrected chi connectivity index (χ1v) is 10.9. The first-order valence-electron chi connectivity index (χ1n) is 9.76. The van der Waals surface area contributed by atoms with E-state index >= 15 is 0 Å². The van der Waals surface area contributed by atoms with Crippen LogP contribution in [0.25, 0.3) is 11.9 Å². The molecule has 0 aliphatic carbocycles. The smallest absolute Gasteiger partial charge is 0.153 e. The standard InChI is InChI=1S/C22H22Cl3N5.ClH/c1-16-17(14-27-30(16)22-5-4-18(23)15-26-22)3-2-6-28-7-9-29(10-8-28)21-12-19(24)11-20(25)13-21;/h2-5,11-15H,6-10H2,1H3;1H. The molecule has 0 unspecified atom stereocenters. The fourth-order valence-electron chi connectivity index (χ4n) is 3.55. The second kappa shape index (κ2) is 10.7. The zero-order chi connectivity index (χ0) is 21.1. The number of hydrogen-bond acceptors (Lipinski definition) is 4. The topological polar surface area (TPSA) is 37.2 Å². The van der Waals surface area contributed by atoms with Crippen LogP contribution in [0, 0.1) is 6.92 Å². The van der Waals surface area contributed by atoms with Gasteiger partial charge in [-0.3, -0.25) is 4.90 Å². The Hall–Kier alpha value is -1.76. The lowest BCUT2D eigenvalue weighted by Gasteiger charge is -2.35. The predicted octanol–water partition coefficient (Wildman–Crippen LogP) is 5.79. The molecule has 2 aromatic heterocycles. The van der Waals surface area contributed by atoms with Gasteiger partial charge >= 0.3 is 0 Å². The van der Waals surface area contributed by atoms with E-state index in [9.17, 15) is 0 Å². The van der Waals surface area contributed by atoms with Crippen molar-refractivity contribution in [3.05, 3.63) is 75.1 Å². The van der Waals surface area contributed by atoms with E-state index in [0.29, 0.717) is 15.1 Å². The highest BCUT2D eigenvalue weighted by atomic mass is 35.5. The Morgan fingerprint density at radius 2 is 1.65 bits per heavy atom. The van der Waals surface area contributed by atoms with E-state index in [-0.39, 0.29) is 12.4 Å². The maximum Gasteiger partial charge on any atom is 0.153 e. The third kappa shape index (κ3) is 5.93. The third-order valence-electron chi connectivity index (χ3n) is 5.22. The van der Waals surface area contributed by atoms with Crippen LogP contribution in [0.5, 0.6) is 0 Å². The average molecular weight is 499 g/mol. The summed E-state index contributed by atoms with van der Waals surface area (Å²) in [5.41, 5.74) is 3.21. The van der Waals surface area contributed by atoms with Crippen LogP contribution in [-0.2, 0) is 0 Å². The van der Waals surface area contributed by atoms with Gasteiger partial charge in [-0.05, 0) is 37.3 Å². The van der Waals surface area contributed by atoms with Crippen LogP contribution >= 0.6 is 47.2 Å². The number of rotatable bonds is 5. The minimum atomic E-state index is 0. The van der Waals surface area contributed by atoms with Crippen LogP contribution in [0.15, 0.2) is 48.8 Å². The number of hydrogen-bond donors (Lipinski definition) is 0. The Kier molecular flexibility index (Phi) is 8.25. The van der Waals surface area contributed by atoms with Crippen molar-refractivity contribution in [2.24, 2.45) is 0 Å². The lowest BCUT2D eigenvalue weighted by Crippen LogP contribution is -2.46. The molecule has 1 fully saturated rings. The van der Waals surface area contributed by atoms with Gasteiger partial charge in [0, 0.05) is 60.2 Å². The maximum atomic E-state index is 6.14. The molecule has 0 amide bonds. The van der Waals surface area contributed by atoms with Crippen molar-refractivity contribution in [1.82, 2.24) is 19.7 Å². The summed E-state index contributed by atoms with van der Waals surface area (Å²) in [6.07, 6.45) is 7.81. The molecule has 1 saturated heterocycles. The Morgan fingerprint density at radius 3 is 2.29 bits per heavy atom. The van der Waals surface area contributed by atoms with Crippen LogP contribution < -0.4 is 4.90 Å². The van der Waals surface area contributed by atoms with Gasteiger partial charge in [0.2, 0.25) is 0 Å². The highest BCUT2D eigenvalue weighted by Crippen LogP contribution is 2.26. The van der Waals surface area contributed by atoms with E-state index < -0.39 is 0 Å². The molecule has 0 atom stereocenters. The molecule has 164 valence electrons. The van der Waals surface area contributed by atoms with Crippen molar-refractivity contribution in [1.29, 1.82) is 0 Å². The molecular formula is C22H23Cl4N5. The van der Waals surface area contributed by atoms with E-state index in [4.69, 9.17) is 34.8 Å². The molecule has 0 N–H and O–H groups in total. The fraction of sp³-hybridized carbons (Fsp3) is 0.273. The van der Waals surface area contributed by atoms with Crippen molar-refractivity contribution >= 4 is 59.0 Å². The van der Waals surface area contributed by atoms with Crippen molar-refractivity contribution in [3.8, 4) is 5.82 Å². The molecular weight excluding hydrogens is 476 g/mol. The largest absolute Gasteiger partial charge is 0.369 e. The van der Waals surface area contributed by atoms with Crippen LogP contribution in [0.3, 0.4) is 0 Å². The first-order chi connectivity index (χ1) is 14.5. The molecule has 9 heteroatoms. The molecule has 0 bridgehead atoms. The molecule has 4 rings (SSSR count). The van der Waals surface area contributed by atoms with E-state index in [1.54, 1.807) is 12.3 Å². The van der Waals surface area contributed by atoms with Gasteiger partial charge in [-0.2, -0.15) is 5.10 Å². The summed E-state index contributed by atoms with van der Waals surface area (Å²) in [7, 11) is 0. The molecule has 0 spiro atoms. The van der Waals surface area contributed by atoms with Gasteiger partial charge in [0.15, 0.2) is 5.82 Å². The van der Waals surface area contributed by atoms with Gasteiger partial charge in [0.05, 0.1) is 16.9 Å². The SMILES string of the molecule is Cc1c(C=CCN2CCN(c3cc(Cl)cc(Cl)c3)CC2)cnn1-c1ccc(Cl)cn1.Cl. The minimum Gasteiger partial charge on any atom is -0.369 e. The molecule has 0 saturated carbocycles. The number of benzene rings is 1. The average Bonchev–Trinajstić information content (AvgIpc) is 3.09. The van der Waals surface area contributed by atoms with E-state index in [1.165, 1.54) is 0 Å². The number of nitrogens with zero attached hydrogens (tertiary/aromatic N) is 5. The van der Waals surface area contributed by atoms with Crippen LogP contribution in [0.2, 0.25) is 15.1 Å². The molecule has 1 aromatic carbocycles. The molecule has 3 heterocycles. The number of pyridine rings is 1. The third-order valence-corrected chi connectivity index (χ3v) is 5.88. The molecule has 1 aliphatic heterocycles. The van der Waals surface area contributed by atoms with Crippen molar-refractivity contribution in [3.63, 3.8) is 0 Å². The number of halogens is 4. The van der Waals surface area contributed by atoms with Crippen molar-refractivity contribution in [2.75, 3.05) is 37.6 Å². The number of piperazine rings is 1. The molecule has 31 heavy (non-hydrogen) atoms. The highest BCUT2D eigenvalue weighted by molar-refractivity contribution is 6.35. The van der Waals surface area contributed by atoms with Crippen LogP contribution in [0.1, 0.15) is 11.3 Å². The zero-order valence-electron chi connectivity index (χ0n) is 17.0. The summed E-state index contributed by atoms with van der Waals surface area (Å²) in [4.78, 5) is 9.09. The molecule has 1 aliphatic rings. The van der Waals surface area contributed by atoms with Gasteiger partial charge in [-0.1, -0.05) is 47.0 Å². The Morgan fingerprint density at radius 1 is 0.935 bits per heavy atom. The summed E-state index contributed by atoms with van der Waals surface area (Å²) >= 11 is 18.2. The minimum absolute atomic E-state index is 0. The van der Waals surface area contributed by atoms with E-state index in [1.807, 2.05) is 42.1 Å². The van der Waals surface area contributed by atoms with Crippen molar-refractivity contribution in [2.45, 2.75) is 6.92 Å². The Labute approximate surface area is 203 Å². The van der Waals surface area contributed by atoms with Gasteiger partial charge in [-0.15, -0.1) is 12.4 Å². The first kappa shape index (κ1) is 23.9. The van der Waals surface area contributed by atoms with Gasteiger partial charge in [0.1, 0.15) is 0 Å². The highest BCUT2D eigenvalue weighted by Gasteiger charge is 2.17. The monoisotopic (exact) mass is 497 g/mol.